The van der Waals surface area contributed by atoms with E-state index in [1.165, 1.54) is 4.88 Å². The predicted octanol–water partition coefficient (Wildman–Crippen LogP) is 2.78. The highest BCUT2D eigenvalue weighted by atomic mass is 32.1. The van der Waals surface area contributed by atoms with E-state index in [9.17, 15) is 0 Å². The van der Waals surface area contributed by atoms with E-state index < -0.39 is 0 Å². The molecule has 1 heterocycles. The minimum atomic E-state index is -0.0258. The summed E-state index contributed by atoms with van der Waals surface area (Å²) in [7, 11) is 0. The maximum Gasteiger partial charge on any atom is 0.0981 e. The zero-order chi connectivity index (χ0) is 10.4. The van der Waals surface area contributed by atoms with E-state index in [-0.39, 0.29) is 6.04 Å². The van der Waals surface area contributed by atoms with E-state index in [2.05, 4.69) is 36.7 Å². The van der Waals surface area contributed by atoms with E-state index in [1.807, 2.05) is 6.07 Å². The van der Waals surface area contributed by atoms with Crippen LogP contribution in [0.5, 0.6) is 0 Å². The van der Waals surface area contributed by atoms with Gasteiger partial charge in [-0.05, 0) is 17.4 Å². The quantitative estimate of drug-likeness (QED) is 0.807. The largest absolute Gasteiger partial charge is 0.297 e. The molecule has 2 unspecified atom stereocenters. The average Bonchev–Trinajstić information content (AvgIpc) is 2.71. The lowest BCUT2D eigenvalue weighted by Crippen LogP contribution is -2.32. The molecule has 0 aliphatic rings. The highest BCUT2D eigenvalue weighted by Gasteiger charge is 2.13. The van der Waals surface area contributed by atoms with E-state index in [4.69, 9.17) is 5.26 Å². The molecule has 1 aromatic rings. The minimum absolute atomic E-state index is 0.0258. The van der Waals surface area contributed by atoms with Crippen molar-refractivity contribution in [3.8, 4) is 6.07 Å². The normalized spacial score (nSPS) is 14.6. The van der Waals surface area contributed by atoms with Crippen molar-refractivity contribution in [2.24, 2.45) is 5.92 Å². The van der Waals surface area contributed by atoms with Gasteiger partial charge in [0.25, 0.3) is 0 Å². The van der Waals surface area contributed by atoms with Crippen LogP contribution < -0.4 is 5.32 Å². The molecule has 0 amide bonds. The number of nitriles is 1. The number of hydrogen-bond donors (Lipinski definition) is 1. The molecule has 1 aromatic heterocycles. The third-order valence-electron chi connectivity index (χ3n) is 2.43. The molecule has 2 atom stereocenters. The van der Waals surface area contributed by atoms with Crippen molar-refractivity contribution in [2.75, 3.05) is 0 Å². The molecule has 0 aromatic carbocycles. The van der Waals surface area contributed by atoms with Crippen LogP contribution in [0.1, 0.15) is 25.1 Å². The van der Waals surface area contributed by atoms with Gasteiger partial charge in [-0.3, -0.25) is 5.32 Å². The monoisotopic (exact) mass is 208 g/mol. The summed E-state index contributed by atoms with van der Waals surface area (Å²) in [5.41, 5.74) is 0. The molecule has 14 heavy (non-hydrogen) atoms. The van der Waals surface area contributed by atoms with E-state index in [1.54, 1.807) is 11.3 Å². The first kappa shape index (κ1) is 11.2. The van der Waals surface area contributed by atoms with Gasteiger partial charge < -0.3 is 0 Å². The number of nitrogens with zero attached hydrogens (tertiary/aromatic N) is 1. The van der Waals surface area contributed by atoms with Gasteiger partial charge in [-0.25, -0.2) is 0 Å². The summed E-state index contributed by atoms with van der Waals surface area (Å²) in [5, 5.41) is 14.3. The lowest BCUT2D eigenvalue weighted by atomic mass is 10.0. The number of rotatable bonds is 5. The summed E-state index contributed by atoms with van der Waals surface area (Å²) in [6.07, 6.45) is 1.04. The highest BCUT2D eigenvalue weighted by molar-refractivity contribution is 7.09. The molecule has 3 heteroatoms. The van der Waals surface area contributed by atoms with Crippen LogP contribution >= 0.6 is 11.3 Å². The lowest BCUT2D eigenvalue weighted by Gasteiger charge is -2.16. The Balaban J connectivity index is 2.39. The Morgan fingerprint density at radius 1 is 1.64 bits per heavy atom. The fourth-order valence-electron chi connectivity index (χ4n) is 1.23. The molecule has 0 aliphatic heterocycles. The number of thiophene rings is 1. The molecule has 1 N–H and O–H groups in total. The molecule has 0 saturated heterocycles. The van der Waals surface area contributed by atoms with Gasteiger partial charge in [-0.2, -0.15) is 5.26 Å². The van der Waals surface area contributed by atoms with Crippen molar-refractivity contribution in [2.45, 2.75) is 32.9 Å². The third kappa shape index (κ3) is 3.13. The first-order valence-electron chi connectivity index (χ1n) is 4.93. The zero-order valence-corrected chi connectivity index (χ0v) is 9.47. The first-order valence-corrected chi connectivity index (χ1v) is 5.81. The lowest BCUT2D eigenvalue weighted by molar-refractivity contribution is 0.431. The van der Waals surface area contributed by atoms with Crippen molar-refractivity contribution in [1.82, 2.24) is 5.32 Å². The molecular formula is C11H16N2S. The van der Waals surface area contributed by atoms with Gasteiger partial charge in [-0.15, -0.1) is 11.3 Å². The van der Waals surface area contributed by atoms with Crippen LogP contribution in [-0.2, 0) is 6.54 Å². The Hall–Kier alpha value is -0.850. The molecule has 0 spiro atoms. The molecular weight excluding hydrogens is 192 g/mol. The Labute approximate surface area is 89.6 Å². The highest BCUT2D eigenvalue weighted by Crippen LogP contribution is 2.11. The second kappa shape index (κ2) is 5.79. The van der Waals surface area contributed by atoms with Crippen molar-refractivity contribution < 1.29 is 0 Å². The number of nitrogens with one attached hydrogen (secondary N) is 1. The Morgan fingerprint density at radius 2 is 2.43 bits per heavy atom. The topological polar surface area (TPSA) is 35.8 Å². The summed E-state index contributed by atoms with van der Waals surface area (Å²) in [6.45, 7) is 5.03. The van der Waals surface area contributed by atoms with Crippen molar-refractivity contribution in [1.29, 1.82) is 5.26 Å². The molecule has 0 radical (unpaired) electrons. The van der Waals surface area contributed by atoms with E-state index in [0.29, 0.717) is 5.92 Å². The van der Waals surface area contributed by atoms with Crippen molar-refractivity contribution in [3.05, 3.63) is 22.4 Å². The number of hydrogen-bond acceptors (Lipinski definition) is 3. The van der Waals surface area contributed by atoms with Crippen LogP contribution in [0.25, 0.3) is 0 Å². The van der Waals surface area contributed by atoms with Crippen molar-refractivity contribution in [3.63, 3.8) is 0 Å². The van der Waals surface area contributed by atoms with Gasteiger partial charge >= 0.3 is 0 Å². The summed E-state index contributed by atoms with van der Waals surface area (Å²) in [5.74, 6) is 0.417. The zero-order valence-electron chi connectivity index (χ0n) is 8.66. The first-order chi connectivity index (χ1) is 6.77. The van der Waals surface area contributed by atoms with Crippen LogP contribution in [0.3, 0.4) is 0 Å². The van der Waals surface area contributed by atoms with E-state index >= 15 is 0 Å². The molecule has 0 saturated carbocycles. The molecule has 0 bridgehead atoms. The average molecular weight is 208 g/mol. The van der Waals surface area contributed by atoms with E-state index in [0.717, 1.165) is 13.0 Å². The maximum absolute atomic E-state index is 8.95. The van der Waals surface area contributed by atoms with Gasteiger partial charge in [0, 0.05) is 11.4 Å². The van der Waals surface area contributed by atoms with Crippen LogP contribution in [-0.4, -0.2) is 6.04 Å². The summed E-state index contributed by atoms with van der Waals surface area (Å²) < 4.78 is 0. The second-order valence-electron chi connectivity index (χ2n) is 3.45. The summed E-state index contributed by atoms with van der Waals surface area (Å²) in [6, 6.07) is 6.40. The van der Waals surface area contributed by atoms with Crippen molar-refractivity contribution >= 4 is 11.3 Å². The Bertz CT molecular complexity index is 287. The molecule has 1 rings (SSSR count). The summed E-state index contributed by atoms with van der Waals surface area (Å²) >= 11 is 1.72. The summed E-state index contributed by atoms with van der Waals surface area (Å²) in [4.78, 5) is 1.29. The second-order valence-corrected chi connectivity index (χ2v) is 4.48. The van der Waals surface area contributed by atoms with Crippen LogP contribution in [0.2, 0.25) is 0 Å². The smallest absolute Gasteiger partial charge is 0.0981 e. The predicted molar refractivity (Wildman–Crippen MR) is 60.0 cm³/mol. The molecule has 0 fully saturated rings. The van der Waals surface area contributed by atoms with Gasteiger partial charge in [-0.1, -0.05) is 26.3 Å². The minimum Gasteiger partial charge on any atom is -0.297 e. The SMILES string of the molecule is CCC(C)C(C#N)NCc1cccs1. The van der Waals surface area contributed by atoms with Gasteiger partial charge in [0.2, 0.25) is 0 Å². The van der Waals surface area contributed by atoms with Crippen LogP contribution in [0.15, 0.2) is 17.5 Å². The fraction of sp³-hybridized carbons (Fsp3) is 0.545. The molecule has 0 aliphatic carbocycles. The molecule has 76 valence electrons. The Morgan fingerprint density at radius 3 is 2.93 bits per heavy atom. The maximum atomic E-state index is 8.95. The van der Waals surface area contributed by atoms with Crippen LogP contribution in [0.4, 0.5) is 0 Å². The van der Waals surface area contributed by atoms with Gasteiger partial charge in [0.05, 0.1) is 12.1 Å². The standard InChI is InChI=1S/C11H16N2S/c1-3-9(2)11(7-12)13-8-10-5-4-6-14-10/h4-6,9,11,13H,3,8H2,1-2H3. The van der Waals surface area contributed by atoms with Crippen LogP contribution in [0, 0.1) is 17.2 Å². The Kier molecular flexibility index (Phi) is 4.64. The van der Waals surface area contributed by atoms with Gasteiger partial charge in [0.15, 0.2) is 0 Å². The fourth-order valence-corrected chi connectivity index (χ4v) is 1.89. The van der Waals surface area contributed by atoms with Gasteiger partial charge in [0.1, 0.15) is 0 Å². The molecule has 2 nitrogen and oxygen atoms in total. The third-order valence-corrected chi connectivity index (χ3v) is 3.30.